The van der Waals surface area contributed by atoms with Gasteiger partial charge in [-0.15, -0.1) is 0 Å². The maximum Gasteiger partial charge on any atom is 0.416 e. The molecule has 0 saturated carbocycles. The average molecular weight is 368 g/mol. The molecule has 7 heteroatoms. The van der Waals surface area contributed by atoms with E-state index in [2.05, 4.69) is 0 Å². The van der Waals surface area contributed by atoms with Gasteiger partial charge in [0.1, 0.15) is 5.82 Å². The minimum Gasteiger partial charge on any atom is -0.387 e. The molecule has 1 N–H and O–H groups in total. The van der Waals surface area contributed by atoms with Crippen LogP contribution >= 0.6 is 0 Å². The molecule has 1 fully saturated rings. The lowest BCUT2D eigenvalue weighted by Gasteiger charge is -2.37. The molecule has 26 heavy (non-hydrogen) atoms. The van der Waals surface area contributed by atoms with Gasteiger partial charge in [-0.05, 0) is 29.8 Å². The first-order valence-corrected chi connectivity index (χ1v) is 8.41. The lowest BCUT2D eigenvalue weighted by Crippen LogP contribution is -2.47. The summed E-state index contributed by atoms with van der Waals surface area (Å²) in [5.41, 5.74) is 0.289. The summed E-state index contributed by atoms with van der Waals surface area (Å²) >= 11 is 0. The van der Waals surface area contributed by atoms with Crippen molar-refractivity contribution in [2.45, 2.75) is 12.3 Å². The Morgan fingerprint density at radius 2 is 1.54 bits per heavy atom. The number of benzene rings is 2. The van der Waals surface area contributed by atoms with Crippen molar-refractivity contribution >= 4 is 5.69 Å². The average Bonchev–Trinajstić information content (AvgIpc) is 2.62. The number of nitrogens with zero attached hydrogens (tertiary/aromatic N) is 2. The summed E-state index contributed by atoms with van der Waals surface area (Å²) in [5.74, 6) is -0.259. The van der Waals surface area contributed by atoms with Crippen LogP contribution in [0.3, 0.4) is 0 Å². The minimum atomic E-state index is -4.38. The number of β-amino-alcohol motifs (C(OH)–C–C–N with tert-alkyl or cyclic N) is 1. The van der Waals surface area contributed by atoms with Gasteiger partial charge in [-0.2, -0.15) is 13.2 Å². The van der Waals surface area contributed by atoms with Crippen LogP contribution in [0.2, 0.25) is 0 Å². The zero-order valence-corrected chi connectivity index (χ0v) is 14.1. The predicted molar refractivity (Wildman–Crippen MR) is 91.5 cm³/mol. The second kappa shape index (κ2) is 7.63. The van der Waals surface area contributed by atoms with E-state index in [0.717, 1.165) is 12.1 Å². The van der Waals surface area contributed by atoms with Crippen molar-refractivity contribution < 1.29 is 22.7 Å². The highest BCUT2D eigenvalue weighted by molar-refractivity contribution is 5.48. The molecule has 0 spiro atoms. The quantitative estimate of drug-likeness (QED) is 0.834. The first-order chi connectivity index (χ1) is 12.3. The molecule has 3 nitrogen and oxygen atoms in total. The summed E-state index contributed by atoms with van der Waals surface area (Å²) < 4.78 is 51.6. The molecule has 0 aliphatic carbocycles. The van der Waals surface area contributed by atoms with Crippen LogP contribution in [-0.2, 0) is 6.18 Å². The summed E-state index contributed by atoms with van der Waals surface area (Å²) in [7, 11) is 0. The van der Waals surface area contributed by atoms with Crippen molar-refractivity contribution in [3.05, 3.63) is 65.5 Å². The fourth-order valence-electron chi connectivity index (χ4n) is 3.12. The molecule has 2 aromatic carbocycles. The number of piperazine rings is 1. The molecular formula is C19H20F4N2O. The van der Waals surface area contributed by atoms with Crippen molar-refractivity contribution in [3.63, 3.8) is 0 Å². The van der Waals surface area contributed by atoms with Gasteiger partial charge in [0.25, 0.3) is 0 Å². The van der Waals surface area contributed by atoms with Gasteiger partial charge in [0.05, 0.1) is 17.4 Å². The number of rotatable bonds is 4. The summed E-state index contributed by atoms with van der Waals surface area (Å²) in [4.78, 5) is 3.98. The highest BCUT2D eigenvalue weighted by Gasteiger charge is 2.30. The van der Waals surface area contributed by atoms with Crippen molar-refractivity contribution in [2.75, 3.05) is 37.6 Å². The van der Waals surface area contributed by atoms with E-state index >= 15 is 0 Å². The van der Waals surface area contributed by atoms with Crippen LogP contribution < -0.4 is 4.90 Å². The summed E-state index contributed by atoms with van der Waals surface area (Å²) in [5, 5.41) is 10.3. The Morgan fingerprint density at radius 3 is 2.12 bits per heavy atom. The summed E-state index contributed by atoms with van der Waals surface area (Å²) in [6, 6.07) is 11.2. The zero-order valence-electron chi connectivity index (χ0n) is 14.1. The van der Waals surface area contributed by atoms with Gasteiger partial charge in [0, 0.05) is 32.7 Å². The minimum absolute atomic E-state index is 0.259. The number of halogens is 4. The Bertz CT molecular complexity index is 725. The van der Waals surface area contributed by atoms with Crippen LogP contribution in [0.25, 0.3) is 0 Å². The maximum absolute atomic E-state index is 13.8. The van der Waals surface area contributed by atoms with Crippen LogP contribution in [0, 0.1) is 5.82 Å². The number of hydrogen-bond acceptors (Lipinski definition) is 3. The van der Waals surface area contributed by atoms with E-state index in [0.29, 0.717) is 44.0 Å². The second-order valence-corrected chi connectivity index (χ2v) is 6.37. The van der Waals surface area contributed by atoms with Gasteiger partial charge >= 0.3 is 6.18 Å². The van der Waals surface area contributed by atoms with E-state index in [1.54, 1.807) is 18.2 Å². The first kappa shape index (κ1) is 18.7. The number of aliphatic hydroxyl groups excluding tert-OH is 1. The highest BCUT2D eigenvalue weighted by Crippen LogP contribution is 2.30. The van der Waals surface area contributed by atoms with E-state index in [1.807, 2.05) is 9.80 Å². The van der Waals surface area contributed by atoms with E-state index in [4.69, 9.17) is 0 Å². The van der Waals surface area contributed by atoms with Crippen LogP contribution in [0.1, 0.15) is 17.2 Å². The fraction of sp³-hybridized carbons (Fsp3) is 0.368. The number of para-hydroxylation sites is 1. The maximum atomic E-state index is 13.8. The van der Waals surface area contributed by atoms with Crippen LogP contribution in [0.15, 0.2) is 48.5 Å². The monoisotopic (exact) mass is 368 g/mol. The molecule has 2 aromatic rings. The third kappa shape index (κ3) is 4.34. The fourth-order valence-corrected chi connectivity index (χ4v) is 3.12. The first-order valence-electron chi connectivity index (χ1n) is 8.41. The third-order valence-electron chi connectivity index (χ3n) is 4.62. The van der Waals surface area contributed by atoms with Crippen molar-refractivity contribution in [3.8, 4) is 0 Å². The molecule has 1 saturated heterocycles. The van der Waals surface area contributed by atoms with Crippen molar-refractivity contribution in [1.29, 1.82) is 0 Å². The van der Waals surface area contributed by atoms with Gasteiger partial charge in [-0.25, -0.2) is 4.39 Å². The van der Waals surface area contributed by atoms with E-state index in [9.17, 15) is 22.7 Å². The lowest BCUT2D eigenvalue weighted by molar-refractivity contribution is -0.137. The van der Waals surface area contributed by atoms with Crippen LogP contribution in [0.5, 0.6) is 0 Å². The Labute approximate surface area is 149 Å². The number of aliphatic hydroxyl groups is 1. The zero-order chi connectivity index (χ0) is 18.7. The molecule has 1 heterocycles. The molecule has 0 radical (unpaired) electrons. The summed E-state index contributed by atoms with van der Waals surface area (Å²) in [6.45, 7) is 2.87. The van der Waals surface area contributed by atoms with Crippen molar-refractivity contribution in [1.82, 2.24) is 4.90 Å². The standard InChI is InChI=1S/C19H20F4N2O/c20-16-3-1-2-4-17(16)25-11-9-24(10-12-25)13-18(26)14-5-7-15(8-6-14)19(21,22)23/h1-8,18,26H,9-13H2/t18-/m1/s1. The topological polar surface area (TPSA) is 26.7 Å². The molecule has 0 aromatic heterocycles. The van der Waals surface area contributed by atoms with E-state index in [1.165, 1.54) is 18.2 Å². The van der Waals surface area contributed by atoms with Crippen LogP contribution in [0.4, 0.5) is 23.2 Å². The molecular weight excluding hydrogens is 348 g/mol. The lowest BCUT2D eigenvalue weighted by atomic mass is 10.1. The molecule has 0 unspecified atom stereocenters. The van der Waals surface area contributed by atoms with Gasteiger partial charge in [-0.1, -0.05) is 24.3 Å². The number of anilines is 1. The van der Waals surface area contributed by atoms with Gasteiger partial charge in [-0.3, -0.25) is 4.90 Å². The highest BCUT2D eigenvalue weighted by atomic mass is 19.4. The number of alkyl halides is 3. The molecule has 1 aliphatic heterocycles. The summed E-state index contributed by atoms with van der Waals surface area (Å²) in [6.07, 6.45) is -5.25. The Hall–Kier alpha value is -2.12. The normalized spacial score (nSPS) is 17.3. The largest absolute Gasteiger partial charge is 0.416 e. The molecule has 0 amide bonds. The molecule has 1 aliphatic rings. The molecule has 3 rings (SSSR count). The third-order valence-corrected chi connectivity index (χ3v) is 4.62. The van der Waals surface area contributed by atoms with Crippen molar-refractivity contribution in [2.24, 2.45) is 0 Å². The van der Waals surface area contributed by atoms with E-state index < -0.39 is 17.8 Å². The predicted octanol–water partition coefficient (Wildman–Crippen LogP) is 3.70. The second-order valence-electron chi connectivity index (χ2n) is 6.37. The van der Waals surface area contributed by atoms with E-state index in [-0.39, 0.29) is 5.82 Å². The Kier molecular flexibility index (Phi) is 5.48. The Balaban J connectivity index is 1.55. The van der Waals surface area contributed by atoms with Gasteiger partial charge in [0.2, 0.25) is 0 Å². The molecule has 1 atom stereocenters. The van der Waals surface area contributed by atoms with Gasteiger partial charge < -0.3 is 10.0 Å². The SMILES string of the molecule is O[C@H](CN1CCN(c2ccccc2F)CC1)c1ccc(C(F)(F)F)cc1. The van der Waals surface area contributed by atoms with Crippen LogP contribution in [-0.4, -0.2) is 42.7 Å². The number of hydrogen-bond donors (Lipinski definition) is 1. The smallest absolute Gasteiger partial charge is 0.387 e. The molecule has 0 bridgehead atoms. The van der Waals surface area contributed by atoms with Gasteiger partial charge in [0.15, 0.2) is 0 Å². The Morgan fingerprint density at radius 1 is 0.923 bits per heavy atom. The molecule has 140 valence electrons.